The first-order valence-electron chi connectivity index (χ1n) is 6.02. The second kappa shape index (κ2) is 4.51. The second-order valence-electron chi connectivity index (χ2n) is 4.82. The van der Waals surface area contributed by atoms with Gasteiger partial charge in [-0.1, -0.05) is 12.8 Å². The van der Waals surface area contributed by atoms with Gasteiger partial charge in [0.1, 0.15) is 5.54 Å². The summed E-state index contributed by atoms with van der Waals surface area (Å²) < 4.78 is 5.87. The Morgan fingerprint density at radius 3 is 2.47 bits per heavy atom. The second-order valence-corrected chi connectivity index (χ2v) is 4.82. The van der Waals surface area contributed by atoms with Crippen LogP contribution in [-0.2, 0) is 4.74 Å². The topological polar surface area (TPSA) is 45.0 Å². The lowest BCUT2D eigenvalue weighted by Gasteiger charge is -2.27. The molecule has 0 amide bonds. The molecule has 2 aliphatic rings. The Balaban J connectivity index is 1.86. The van der Waals surface area contributed by atoms with Crippen molar-refractivity contribution < 1.29 is 4.74 Å². The zero-order chi connectivity index (χ0) is 10.7. The number of rotatable bonds is 5. The van der Waals surface area contributed by atoms with Crippen molar-refractivity contribution in [2.75, 3.05) is 13.7 Å². The van der Waals surface area contributed by atoms with E-state index in [4.69, 9.17) is 4.74 Å². The number of nitrogens with zero attached hydrogens (tertiary/aromatic N) is 1. The van der Waals surface area contributed by atoms with Crippen molar-refractivity contribution >= 4 is 0 Å². The molecule has 84 valence electrons. The molecule has 15 heavy (non-hydrogen) atoms. The summed E-state index contributed by atoms with van der Waals surface area (Å²) in [5, 5.41) is 12.4. The summed E-state index contributed by atoms with van der Waals surface area (Å²) in [7, 11) is 1.87. The summed E-state index contributed by atoms with van der Waals surface area (Å²) >= 11 is 0. The Kier molecular flexibility index (Phi) is 3.28. The van der Waals surface area contributed by atoms with E-state index in [-0.39, 0.29) is 0 Å². The highest BCUT2D eigenvalue weighted by molar-refractivity contribution is 5.15. The van der Waals surface area contributed by atoms with E-state index < -0.39 is 5.54 Å². The van der Waals surface area contributed by atoms with Gasteiger partial charge in [0.25, 0.3) is 0 Å². The van der Waals surface area contributed by atoms with Gasteiger partial charge in [0.2, 0.25) is 0 Å². The van der Waals surface area contributed by atoms with E-state index in [1.54, 1.807) is 0 Å². The Hall–Kier alpha value is -0.590. The molecule has 0 aliphatic heterocycles. The highest BCUT2D eigenvalue weighted by atomic mass is 16.5. The van der Waals surface area contributed by atoms with Crippen LogP contribution in [0.3, 0.4) is 0 Å². The number of nitrogens with one attached hydrogen (secondary N) is 1. The summed E-state index contributed by atoms with van der Waals surface area (Å²) in [4.78, 5) is 0. The predicted octanol–water partition coefficient (Wildman–Crippen LogP) is 1.84. The average molecular weight is 208 g/mol. The van der Waals surface area contributed by atoms with Gasteiger partial charge >= 0.3 is 0 Å². The van der Waals surface area contributed by atoms with Crippen LogP contribution in [0.5, 0.6) is 0 Å². The zero-order valence-corrected chi connectivity index (χ0v) is 9.46. The fourth-order valence-corrected chi connectivity index (χ4v) is 2.45. The van der Waals surface area contributed by atoms with E-state index in [0.29, 0.717) is 18.6 Å². The molecular formula is C12H20N2O. The first-order chi connectivity index (χ1) is 7.30. The fourth-order valence-electron chi connectivity index (χ4n) is 2.45. The molecule has 3 heteroatoms. The van der Waals surface area contributed by atoms with Crippen LogP contribution in [0.25, 0.3) is 0 Å². The van der Waals surface area contributed by atoms with Crippen LogP contribution < -0.4 is 5.32 Å². The highest BCUT2D eigenvalue weighted by Gasteiger charge is 2.45. The van der Waals surface area contributed by atoms with Crippen LogP contribution in [-0.4, -0.2) is 25.3 Å². The van der Waals surface area contributed by atoms with Crippen molar-refractivity contribution in [2.45, 2.75) is 50.2 Å². The number of nitriles is 1. The lowest BCUT2D eigenvalue weighted by Crippen LogP contribution is -2.48. The van der Waals surface area contributed by atoms with Gasteiger partial charge in [0.05, 0.1) is 18.8 Å². The van der Waals surface area contributed by atoms with Crippen molar-refractivity contribution in [1.82, 2.24) is 5.32 Å². The summed E-state index contributed by atoms with van der Waals surface area (Å²) in [5.41, 5.74) is -0.414. The highest BCUT2D eigenvalue weighted by Crippen LogP contribution is 2.40. The van der Waals surface area contributed by atoms with Crippen molar-refractivity contribution in [2.24, 2.45) is 5.92 Å². The molecule has 0 saturated heterocycles. The summed E-state index contributed by atoms with van der Waals surface area (Å²) in [6.07, 6.45) is 7.67. The van der Waals surface area contributed by atoms with E-state index in [1.807, 2.05) is 7.05 Å². The zero-order valence-electron chi connectivity index (χ0n) is 9.46. The Labute approximate surface area is 91.8 Å². The molecule has 2 aliphatic carbocycles. The van der Waals surface area contributed by atoms with Crippen LogP contribution >= 0.6 is 0 Å². The molecule has 2 saturated carbocycles. The van der Waals surface area contributed by atoms with Crippen molar-refractivity contribution in [1.29, 1.82) is 5.26 Å². The third kappa shape index (κ3) is 2.32. The smallest absolute Gasteiger partial charge is 0.132 e. The lowest BCUT2D eigenvalue weighted by molar-refractivity contribution is 0.0237. The molecule has 1 unspecified atom stereocenters. The number of likely N-dealkylation sites (N-methyl/N-ethyl adjacent to an activating group) is 1. The predicted molar refractivity (Wildman–Crippen MR) is 58.3 cm³/mol. The van der Waals surface area contributed by atoms with Gasteiger partial charge in [0.15, 0.2) is 0 Å². The van der Waals surface area contributed by atoms with Crippen LogP contribution in [0.1, 0.15) is 38.5 Å². The quantitative estimate of drug-likeness (QED) is 0.749. The maximum Gasteiger partial charge on any atom is 0.132 e. The minimum Gasteiger partial charge on any atom is -0.375 e. The van der Waals surface area contributed by atoms with E-state index in [2.05, 4.69) is 11.4 Å². The van der Waals surface area contributed by atoms with Crippen molar-refractivity contribution in [3.8, 4) is 6.07 Å². The number of hydrogen-bond donors (Lipinski definition) is 1. The monoisotopic (exact) mass is 208 g/mol. The van der Waals surface area contributed by atoms with Crippen LogP contribution in [0, 0.1) is 17.2 Å². The summed E-state index contributed by atoms with van der Waals surface area (Å²) in [5.74, 6) is 0.508. The van der Waals surface area contributed by atoms with Crippen LogP contribution in [0.4, 0.5) is 0 Å². The molecule has 0 spiro atoms. The summed E-state index contributed by atoms with van der Waals surface area (Å²) in [6, 6.07) is 2.42. The van der Waals surface area contributed by atoms with Crippen LogP contribution in [0.2, 0.25) is 0 Å². The van der Waals surface area contributed by atoms with Gasteiger partial charge in [-0.05, 0) is 38.6 Å². The minimum atomic E-state index is -0.414. The number of hydrogen-bond acceptors (Lipinski definition) is 3. The summed E-state index contributed by atoms with van der Waals surface area (Å²) in [6.45, 7) is 0.565. The first-order valence-corrected chi connectivity index (χ1v) is 6.02. The maximum atomic E-state index is 9.27. The molecule has 2 rings (SSSR count). The standard InChI is InChI=1S/C12H20N2O/c1-14-12(8-13,10-6-7-10)9-15-11-4-2-3-5-11/h10-11,14H,2-7,9H2,1H3. The van der Waals surface area contributed by atoms with E-state index in [9.17, 15) is 5.26 Å². The molecule has 0 radical (unpaired) electrons. The van der Waals surface area contributed by atoms with Crippen LogP contribution in [0.15, 0.2) is 0 Å². The molecule has 1 atom stereocenters. The molecule has 0 aromatic heterocycles. The van der Waals surface area contributed by atoms with Gasteiger partial charge in [-0.15, -0.1) is 0 Å². The van der Waals surface area contributed by atoms with Gasteiger partial charge in [-0.3, -0.25) is 0 Å². The van der Waals surface area contributed by atoms with E-state index in [1.165, 1.54) is 38.5 Å². The van der Waals surface area contributed by atoms with Crippen molar-refractivity contribution in [3.05, 3.63) is 0 Å². The van der Waals surface area contributed by atoms with E-state index >= 15 is 0 Å². The SMILES string of the molecule is CNC(C#N)(COC1CCCC1)C1CC1. The molecule has 3 nitrogen and oxygen atoms in total. The van der Waals surface area contributed by atoms with Crippen molar-refractivity contribution in [3.63, 3.8) is 0 Å². The third-order valence-electron chi connectivity index (χ3n) is 3.77. The molecule has 0 aromatic rings. The molecule has 0 aromatic carbocycles. The van der Waals surface area contributed by atoms with Gasteiger partial charge < -0.3 is 10.1 Å². The Bertz CT molecular complexity index is 251. The lowest BCUT2D eigenvalue weighted by atomic mass is 9.96. The molecule has 0 bridgehead atoms. The Morgan fingerprint density at radius 2 is 2.00 bits per heavy atom. The van der Waals surface area contributed by atoms with Gasteiger partial charge in [0, 0.05) is 0 Å². The van der Waals surface area contributed by atoms with Gasteiger partial charge in [-0.25, -0.2) is 0 Å². The maximum absolute atomic E-state index is 9.27. The Morgan fingerprint density at radius 1 is 1.33 bits per heavy atom. The minimum absolute atomic E-state index is 0.407. The van der Waals surface area contributed by atoms with E-state index in [0.717, 1.165) is 0 Å². The fraction of sp³-hybridized carbons (Fsp3) is 0.917. The molecule has 1 N–H and O–H groups in total. The number of ether oxygens (including phenoxy) is 1. The first kappa shape index (κ1) is 10.9. The van der Waals surface area contributed by atoms with Gasteiger partial charge in [-0.2, -0.15) is 5.26 Å². The average Bonchev–Trinajstić information content (AvgIpc) is 2.99. The largest absolute Gasteiger partial charge is 0.375 e. The molecule has 0 heterocycles. The molecule has 2 fully saturated rings. The third-order valence-corrected chi connectivity index (χ3v) is 3.77. The normalized spacial score (nSPS) is 26.1. The molecular weight excluding hydrogens is 188 g/mol.